The van der Waals surface area contributed by atoms with Gasteiger partial charge in [-0.1, -0.05) is 251 Å². The number of carbonyl (C=O) groups is 6. The first-order valence-corrected chi connectivity index (χ1v) is 25.6. The Morgan fingerprint density at radius 2 is 0.479 bits per heavy atom. The Balaban J connectivity index is -0.0000000891. The number of Topliss-reactive ketones (excluding diaryl/α,β-unsaturated/α-hetero) is 6. The minimum Gasteiger partial charge on any atom is -0.344 e. The predicted molar refractivity (Wildman–Crippen MR) is 319 cm³/mol. The molecule has 0 fully saturated rings. The molecule has 0 N–H and O–H groups in total. The third kappa shape index (κ3) is 67.6. The minimum atomic E-state index is -0.139. The molecule has 4 aromatic carbocycles. The molecule has 0 atom stereocenters. The Hall–Kier alpha value is -4.41. The van der Waals surface area contributed by atoms with Crippen LogP contribution in [0.4, 0.5) is 0 Å². The molecular formula is C66H110O6W. The van der Waals surface area contributed by atoms with Gasteiger partial charge in [0.15, 0.2) is 0 Å². The van der Waals surface area contributed by atoms with Crippen LogP contribution < -0.4 is 0 Å². The molecule has 7 heteroatoms. The van der Waals surface area contributed by atoms with Crippen molar-refractivity contribution >= 4 is 51.5 Å². The average molecular weight is 1180 g/mol. The van der Waals surface area contributed by atoms with Crippen molar-refractivity contribution in [2.75, 3.05) is 0 Å². The molecule has 0 bridgehead atoms. The summed E-state index contributed by atoms with van der Waals surface area (Å²) in [5.74, 6) is 1.46. The molecule has 6 nitrogen and oxygen atoms in total. The van der Waals surface area contributed by atoms with E-state index in [2.05, 4.69) is 54.6 Å². The fraction of sp³-hybridized carbons (Fsp3) is 0.545. The monoisotopic (exact) mass is 1180 g/mol. The van der Waals surface area contributed by atoms with Crippen LogP contribution in [0.15, 0.2) is 109 Å². The van der Waals surface area contributed by atoms with Crippen molar-refractivity contribution < 1.29 is 49.8 Å². The first kappa shape index (κ1) is 88.2. The topological polar surface area (TPSA) is 102 Å². The number of benzene rings is 4. The zero-order valence-electron chi connectivity index (χ0n) is 52.4. The van der Waals surface area contributed by atoms with Crippen molar-refractivity contribution in [2.45, 2.75) is 208 Å². The summed E-state index contributed by atoms with van der Waals surface area (Å²) in [5.41, 5.74) is 0.104. The van der Waals surface area contributed by atoms with Crippen LogP contribution in [0.5, 0.6) is 0 Å². The van der Waals surface area contributed by atoms with Crippen LogP contribution in [0, 0.1) is 45.1 Å². The van der Waals surface area contributed by atoms with E-state index < -0.39 is 0 Å². The first-order valence-electron chi connectivity index (χ1n) is 25.6. The van der Waals surface area contributed by atoms with Crippen LogP contribution in [0.1, 0.15) is 213 Å². The molecule has 73 heavy (non-hydrogen) atoms. The zero-order chi connectivity index (χ0) is 59.3. The Bertz CT molecular complexity index is 1670. The summed E-state index contributed by atoms with van der Waals surface area (Å²) >= 11 is 0. The van der Waals surface area contributed by atoms with Gasteiger partial charge in [0.1, 0.15) is 34.7 Å². The van der Waals surface area contributed by atoms with E-state index in [4.69, 9.17) is 6.58 Å². The van der Waals surface area contributed by atoms with Gasteiger partial charge in [0, 0.05) is 32.5 Å². The van der Waals surface area contributed by atoms with Crippen molar-refractivity contribution in [3.63, 3.8) is 0 Å². The molecule has 0 heterocycles. The number of carbonyl (C=O) groups excluding carboxylic acids is 6. The van der Waals surface area contributed by atoms with Crippen LogP contribution in [-0.4, -0.2) is 34.7 Å². The van der Waals surface area contributed by atoms with Crippen LogP contribution in [-0.2, 0) is 49.8 Å². The molecule has 4 aromatic rings. The number of hydrogen-bond acceptors (Lipinski definition) is 6. The van der Waals surface area contributed by atoms with Crippen LogP contribution in [0.25, 0.3) is 16.8 Å². The van der Waals surface area contributed by atoms with Gasteiger partial charge in [-0.25, -0.2) is 12.1 Å². The SMILES string of the molecule is CC.CC.CC.CC(=O)C(C)(C)C.CC(=O)C(C)(C)C.CC(=O)C(C)(C)C.CC(=O)C(C)(C)C.CC(=O)C(C)(C)C.CC(=O)C(C)(C)C.[CH-]=Cc1[c-]cccc1.[W+2].c1ccc2ccccc2c1.c1ccccc1. The Kier molecular flexibility index (Phi) is 58.7. The standard InChI is InChI=1S/C10H8.C8H6.6C6H12O.C6H6.3C2H6.W/c1-2-6-10-8-4-3-7-9(10)5-1;1-2-8-6-4-3-5-7-8;6*1-5(7)6(2,3)4;1-2-4-6-5-3-1;3*1-2;/h1-8H;1-6H;6*1-4H3;1-6H;3*1-2H3;/q;-2;;;;;;;;;;;+2. The molecule has 0 spiro atoms. The van der Waals surface area contributed by atoms with Crippen molar-refractivity contribution in [1.29, 1.82) is 0 Å². The van der Waals surface area contributed by atoms with E-state index in [-0.39, 0.29) is 88.3 Å². The Morgan fingerprint density at radius 3 is 0.575 bits per heavy atom. The largest absolute Gasteiger partial charge is 2.00 e. The Labute approximate surface area is 466 Å². The second kappa shape index (κ2) is 48.5. The van der Waals surface area contributed by atoms with E-state index in [0.717, 1.165) is 5.56 Å². The fourth-order valence-corrected chi connectivity index (χ4v) is 2.03. The zero-order valence-corrected chi connectivity index (χ0v) is 55.3. The normalized spacial score (nSPS) is 9.78. The maximum Gasteiger partial charge on any atom is 2.00 e. The van der Waals surface area contributed by atoms with Gasteiger partial charge in [-0.2, -0.15) is 12.1 Å². The van der Waals surface area contributed by atoms with Crippen molar-refractivity contribution in [3.05, 3.63) is 127 Å². The molecule has 4 rings (SSSR count). The molecular weight excluding hydrogens is 1070 g/mol. The van der Waals surface area contributed by atoms with E-state index in [1.807, 2.05) is 227 Å². The third-order valence-electron chi connectivity index (χ3n) is 9.58. The second-order valence-corrected chi connectivity index (χ2v) is 21.8. The van der Waals surface area contributed by atoms with Gasteiger partial charge in [-0.05, 0) is 52.3 Å². The number of ketones is 6. The summed E-state index contributed by atoms with van der Waals surface area (Å²) in [6, 6.07) is 39.2. The van der Waals surface area contributed by atoms with Gasteiger partial charge in [0.25, 0.3) is 0 Å². The molecule has 416 valence electrons. The van der Waals surface area contributed by atoms with Crippen molar-refractivity contribution in [3.8, 4) is 0 Å². The third-order valence-corrected chi connectivity index (χ3v) is 9.58. The van der Waals surface area contributed by atoms with E-state index in [1.165, 1.54) is 16.8 Å². The van der Waals surface area contributed by atoms with Gasteiger partial charge in [-0.15, -0.1) is 6.07 Å². The number of hydrogen-bond donors (Lipinski definition) is 0. The van der Waals surface area contributed by atoms with Gasteiger partial charge in [0.2, 0.25) is 0 Å². The summed E-state index contributed by atoms with van der Waals surface area (Å²) in [5, 5.41) is 2.62. The summed E-state index contributed by atoms with van der Waals surface area (Å²) in [7, 11) is 0. The summed E-state index contributed by atoms with van der Waals surface area (Å²) in [6.45, 7) is 61.3. The fourth-order valence-electron chi connectivity index (χ4n) is 2.03. The average Bonchev–Trinajstić information content (AvgIpc) is 3.29. The molecule has 0 saturated carbocycles. The quantitative estimate of drug-likeness (QED) is 0.176. The van der Waals surface area contributed by atoms with Crippen LogP contribution in [0.3, 0.4) is 0 Å². The molecule has 0 unspecified atom stereocenters. The number of rotatable bonds is 1. The van der Waals surface area contributed by atoms with Gasteiger partial charge in [-0.3, -0.25) is 28.8 Å². The van der Waals surface area contributed by atoms with Crippen molar-refractivity contribution in [2.24, 2.45) is 32.5 Å². The summed E-state index contributed by atoms with van der Waals surface area (Å²) in [4.78, 5) is 62.8. The van der Waals surface area contributed by atoms with Gasteiger partial charge >= 0.3 is 21.1 Å². The molecule has 0 radical (unpaired) electrons. The molecule has 0 aliphatic heterocycles. The van der Waals surface area contributed by atoms with Crippen LogP contribution in [0.2, 0.25) is 0 Å². The molecule has 0 aromatic heterocycles. The summed E-state index contributed by atoms with van der Waals surface area (Å²) in [6.07, 6.45) is 1.53. The molecule has 0 aliphatic carbocycles. The number of fused-ring (bicyclic) bond motifs is 1. The maximum absolute atomic E-state index is 10.5. The van der Waals surface area contributed by atoms with E-state index >= 15 is 0 Å². The Morgan fingerprint density at radius 1 is 0.329 bits per heavy atom. The van der Waals surface area contributed by atoms with E-state index in [9.17, 15) is 28.8 Å². The van der Waals surface area contributed by atoms with Crippen LogP contribution >= 0.6 is 0 Å². The molecule has 0 aliphatic rings. The van der Waals surface area contributed by atoms with Crippen molar-refractivity contribution in [1.82, 2.24) is 0 Å². The molecule has 0 amide bonds. The van der Waals surface area contributed by atoms with E-state index in [1.54, 1.807) is 41.5 Å². The molecule has 0 saturated heterocycles. The second-order valence-electron chi connectivity index (χ2n) is 21.8. The van der Waals surface area contributed by atoms with E-state index in [0.29, 0.717) is 0 Å². The summed E-state index contributed by atoms with van der Waals surface area (Å²) < 4.78 is 0. The van der Waals surface area contributed by atoms with Gasteiger partial charge in [0.05, 0.1) is 0 Å². The smallest absolute Gasteiger partial charge is 0.344 e. The predicted octanol–water partition coefficient (Wildman–Crippen LogP) is 19.3. The first-order chi connectivity index (χ1) is 32.6. The maximum atomic E-state index is 10.5. The van der Waals surface area contributed by atoms with Gasteiger partial charge < -0.3 is 18.2 Å². The minimum absolute atomic E-state index is 0.